The molecule has 0 bridgehead atoms. The number of methoxy groups -OCH3 is 1. The van der Waals surface area contributed by atoms with Gasteiger partial charge in [-0.15, -0.1) is 0 Å². The van der Waals surface area contributed by atoms with E-state index in [1.54, 1.807) is 25.3 Å². The minimum absolute atomic E-state index is 0.0995. The second kappa shape index (κ2) is 5.85. The minimum atomic E-state index is -0.0995. The maximum atomic E-state index is 9.39. The lowest BCUT2D eigenvalue weighted by molar-refractivity contribution is 0.256. The monoisotopic (exact) mass is 284 g/mol. The summed E-state index contributed by atoms with van der Waals surface area (Å²) in [5, 5.41) is 9.39. The summed E-state index contributed by atoms with van der Waals surface area (Å²) in [5.41, 5.74) is 2.41. The van der Waals surface area contributed by atoms with E-state index in [1.165, 1.54) is 0 Å². The van der Waals surface area contributed by atoms with Gasteiger partial charge in [-0.3, -0.25) is 0 Å². The molecule has 5 heteroatoms. The summed E-state index contributed by atoms with van der Waals surface area (Å²) in [5.74, 6) is 1.33. The first-order valence-electron chi connectivity index (χ1n) is 6.63. The molecule has 0 amide bonds. The van der Waals surface area contributed by atoms with Gasteiger partial charge in [-0.1, -0.05) is 6.07 Å². The molecule has 1 N–H and O–H groups in total. The standard InChI is InChI=1S/C16H16N2O3/c1-20-14-5-6-15(12(8-14)10-19)21-11-13-9-18-7-3-2-4-16(18)17-13/h2-9,19H,10-11H2,1H3. The second-order valence-electron chi connectivity index (χ2n) is 4.62. The average molecular weight is 284 g/mol. The molecule has 5 nitrogen and oxygen atoms in total. The lowest BCUT2D eigenvalue weighted by atomic mass is 10.2. The molecule has 108 valence electrons. The topological polar surface area (TPSA) is 56.0 Å². The van der Waals surface area contributed by atoms with E-state index in [2.05, 4.69) is 4.98 Å². The zero-order valence-electron chi connectivity index (χ0n) is 11.7. The molecular weight excluding hydrogens is 268 g/mol. The fourth-order valence-corrected chi connectivity index (χ4v) is 2.16. The van der Waals surface area contributed by atoms with E-state index in [0.29, 0.717) is 23.7 Å². The Hall–Kier alpha value is -2.53. The number of aliphatic hydroxyl groups excluding tert-OH is 1. The number of rotatable bonds is 5. The third-order valence-corrected chi connectivity index (χ3v) is 3.23. The number of pyridine rings is 1. The Labute approximate surface area is 122 Å². The highest BCUT2D eigenvalue weighted by molar-refractivity contribution is 5.41. The Bertz CT molecular complexity index is 719. The molecule has 0 saturated heterocycles. The van der Waals surface area contributed by atoms with Crippen LogP contribution in [-0.2, 0) is 13.2 Å². The molecule has 0 aliphatic heterocycles. The summed E-state index contributed by atoms with van der Waals surface area (Å²) >= 11 is 0. The van der Waals surface area contributed by atoms with E-state index in [9.17, 15) is 5.11 Å². The predicted molar refractivity (Wildman–Crippen MR) is 78.4 cm³/mol. The van der Waals surface area contributed by atoms with Crippen LogP contribution in [0.1, 0.15) is 11.3 Å². The molecule has 0 atom stereocenters. The van der Waals surface area contributed by atoms with Gasteiger partial charge in [0, 0.05) is 18.0 Å². The van der Waals surface area contributed by atoms with Gasteiger partial charge in [-0.05, 0) is 30.3 Å². The third-order valence-electron chi connectivity index (χ3n) is 3.23. The van der Waals surface area contributed by atoms with Crippen molar-refractivity contribution in [3.63, 3.8) is 0 Å². The maximum Gasteiger partial charge on any atom is 0.137 e. The Morgan fingerprint density at radius 3 is 2.90 bits per heavy atom. The van der Waals surface area contributed by atoms with Crippen LogP contribution < -0.4 is 9.47 Å². The first-order chi connectivity index (χ1) is 10.3. The Balaban J connectivity index is 1.77. The largest absolute Gasteiger partial charge is 0.497 e. The highest BCUT2D eigenvalue weighted by Crippen LogP contribution is 2.25. The normalized spacial score (nSPS) is 10.8. The molecular formula is C16H16N2O3. The van der Waals surface area contributed by atoms with Crippen molar-refractivity contribution < 1.29 is 14.6 Å². The van der Waals surface area contributed by atoms with Gasteiger partial charge in [-0.2, -0.15) is 0 Å². The van der Waals surface area contributed by atoms with E-state index in [-0.39, 0.29) is 6.61 Å². The molecule has 3 rings (SSSR count). The molecule has 21 heavy (non-hydrogen) atoms. The number of hydrogen-bond donors (Lipinski definition) is 1. The third kappa shape index (κ3) is 2.83. The lowest BCUT2D eigenvalue weighted by Gasteiger charge is -2.10. The van der Waals surface area contributed by atoms with Crippen molar-refractivity contribution in [1.29, 1.82) is 0 Å². The van der Waals surface area contributed by atoms with Gasteiger partial charge in [0.15, 0.2) is 0 Å². The van der Waals surface area contributed by atoms with Gasteiger partial charge in [0.2, 0.25) is 0 Å². The fourth-order valence-electron chi connectivity index (χ4n) is 2.16. The first-order valence-corrected chi connectivity index (χ1v) is 6.63. The summed E-state index contributed by atoms with van der Waals surface area (Å²) in [6.07, 6.45) is 3.87. The number of nitrogens with zero attached hydrogens (tertiary/aromatic N) is 2. The summed E-state index contributed by atoms with van der Waals surface area (Å²) in [4.78, 5) is 4.47. The Kier molecular flexibility index (Phi) is 3.75. The van der Waals surface area contributed by atoms with Gasteiger partial charge in [0.25, 0.3) is 0 Å². The van der Waals surface area contributed by atoms with Crippen LogP contribution in [0.5, 0.6) is 11.5 Å². The van der Waals surface area contributed by atoms with Crippen molar-refractivity contribution in [3.8, 4) is 11.5 Å². The van der Waals surface area contributed by atoms with E-state index in [1.807, 2.05) is 35.0 Å². The number of imidazole rings is 1. The van der Waals surface area contributed by atoms with E-state index in [0.717, 1.165) is 11.3 Å². The summed E-state index contributed by atoms with van der Waals surface area (Å²) in [7, 11) is 1.59. The van der Waals surface area contributed by atoms with Crippen LogP contribution >= 0.6 is 0 Å². The number of aliphatic hydroxyl groups is 1. The number of benzene rings is 1. The van der Waals surface area contributed by atoms with Crippen LogP contribution in [0.15, 0.2) is 48.8 Å². The summed E-state index contributed by atoms with van der Waals surface area (Å²) in [6, 6.07) is 11.2. The molecule has 0 fully saturated rings. The molecule has 0 spiro atoms. The Morgan fingerprint density at radius 2 is 2.14 bits per heavy atom. The molecule has 3 aromatic rings. The van der Waals surface area contributed by atoms with Crippen molar-refractivity contribution in [2.75, 3.05) is 7.11 Å². The fraction of sp³-hybridized carbons (Fsp3) is 0.188. The van der Waals surface area contributed by atoms with Crippen molar-refractivity contribution in [2.24, 2.45) is 0 Å². The molecule has 2 heterocycles. The van der Waals surface area contributed by atoms with Crippen molar-refractivity contribution in [2.45, 2.75) is 13.2 Å². The zero-order valence-corrected chi connectivity index (χ0v) is 11.7. The SMILES string of the molecule is COc1ccc(OCc2cn3ccccc3n2)c(CO)c1. The van der Waals surface area contributed by atoms with E-state index in [4.69, 9.17) is 9.47 Å². The number of hydrogen-bond acceptors (Lipinski definition) is 4. The van der Waals surface area contributed by atoms with Crippen LogP contribution in [0.4, 0.5) is 0 Å². The van der Waals surface area contributed by atoms with Gasteiger partial charge >= 0.3 is 0 Å². The summed E-state index contributed by atoms with van der Waals surface area (Å²) < 4.78 is 12.8. The van der Waals surface area contributed by atoms with Gasteiger partial charge in [0.1, 0.15) is 23.8 Å². The lowest BCUT2D eigenvalue weighted by Crippen LogP contribution is -1.99. The molecule has 0 saturated carbocycles. The second-order valence-corrected chi connectivity index (χ2v) is 4.62. The van der Waals surface area contributed by atoms with E-state index < -0.39 is 0 Å². The van der Waals surface area contributed by atoms with Crippen molar-refractivity contribution in [3.05, 3.63) is 60.0 Å². The molecule has 0 aliphatic rings. The smallest absolute Gasteiger partial charge is 0.137 e. The average Bonchev–Trinajstić information content (AvgIpc) is 2.95. The van der Waals surface area contributed by atoms with Crippen LogP contribution in [0.2, 0.25) is 0 Å². The van der Waals surface area contributed by atoms with Gasteiger partial charge in [0.05, 0.1) is 19.4 Å². The van der Waals surface area contributed by atoms with Gasteiger partial charge < -0.3 is 19.0 Å². The molecule has 1 aromatic carbocycles. The highest BCUT2D eigenvalue weighted by atomic mass is 16.5. The van der Waals surface area contributed by atoms with Crippen LogP contribution in [0, 0.1) is 0 Å². The van der Waals surface area contributed by atoms with Crippen LogP contribution in [-0.4, -0.2) is 21.6 Å². The number of ether oxygens (including phenoxy) is 2. The number of aromatic nitrogens is 2. The quantitative estimate of drug-likeness (QED) is 0.781. The van der Waals surface area contributed by atoms with Crippen LogP contribution in [0.25, 0.3) is 5.65 Å². The van der Waals surface area contributed by atoms with Crippen molar-refractivity contribution >= 4 is 5.65 Å². The maximum absolute atomic E-state index is 9.39. The molecule has 0 aliphatic carbocycles. The predicted octanol–water partition coefficient (Wildman–Crippen LogP) is 2.41. The summed E-state index contributed by atoms with van der Waals surface area (Å²) in [6.45, 7) is 0.249. The van der Waals surface area contributed by atoms with Gasteiger partial charge in [-0.25, -0.2) is 4.98 Å². The molecule has 0 radical (unpaired) electrons. The Morgan fingerprint density at radius 1 is 1.24 bits per heavy atom. The zero-order chi connectivity index (χ0) is 14.7. The number of fused-ring (bicyclic) bond motifs is 1. The van der Waals surface area contributed by atoms with E-state index >= 15 is 0 Å². The highest BCUT2D eigenvalue weighted by Gasteiger charge is 2.07. The molecule has 0 unspecified atom stereocenters. The first kappa shape index (κ1) is 13.5. The minimum Gasteiger partial charge on any atom is -0.497 e. The van der Waals surface area contributed by atoms with Crippen molar-refractivity contribution in [1.82, 2.24) is 9.38 Å². The van der Waals surface area contributed by atoms with Crippen LogP contribution in [0.3, 0.4) is 0 Å². The molecule has 2 aromatic heterocycles.